The summed E-state index contributed by atoms with van der Waals surface area (Å²) >= 11 is 0. The van der Waals surface area contributed by atoms with Gasteiger partial charge in [0.15, 0.2) is 11.6 Å². The number of primary amides is 1. The van der Waals surface area contributed by atoms with Gasteiger partial charge in [-0.1, -0.05) is 45.9 Å². The lowest BCUT2D eigenvalue weighted by Crippen LogP contribution is -2.37. The van der Waals surface area contributed by atoms with Gasteiger partial charge in [0.2, 0.25) is 0 Å². The summed E-state index contributed by atoms with van der Waals surface area (Å²) in [6.45, 7) is 10.9. The van der Waals surface area contributed by atoms with Crippen LogP contribution < -0.4 is 30.6 Å². The van der Waals surface area contributed by atoms with Crippen molar-refractivity contribution in [1.82, 2.24) is 15.0 Å². The van der Waals surface area contributed by atoms with Gasteiger partial charge in [-0.2, -0.15) is 13.2 Å². The van der Waals surface area contributed by atoms with Crippen molar-refractivity contribution < 1.29 is 41.7 Å². The van der Waals surface area contributed by atoms with Crippen molar-refractivity contribution in [3.63, 3.8) is 0 Å². The van der Waals surface area contributed by atoms with E-state index in [0.717, 1.165) is 17.4 Å². The van der Waals surface area contributed by atoms with Gasteiger partial charge in [0.05, 0.1) is 36.9 Å². The molecule has 0 spiro atoms. The Bertz CT molecular complexity index is 1880. The molecule has 2 aromatic carbocycles. The largest absolute Gasteiger partial charge is 0.497 e. The summed E-state index contributed by atoms with van der Waals surface area (Å²) in [5.41, 5.74) is 4.35. The quantitative estimate of drug-likeness (QED) is 0.123. The monoisotopic (exact) mass is 724 g/mol. The van der Waals surface area contributed by atoms with E-state index < -0.39 is 34.7 Å². The van der Waals surface area contributed by atoms with Crippen LogP contribution in [0.15, 0.2) is 60.9 Å². The van der Waals surface area contributed by atoms with E-state index in [1.54, 1.807) is 27.0 Å². The third-order valence-electron chi connectivity index (χ3n) is 7.83. The minimum Gasteiger partial charge on any atom is -0.497 e. The van der Waals surface area contributed by atoms with E-state index in [1.165, 1.54) is 24.5 Å². The summed E-state index contributed by atoms with van der Waals surface area (Å²) in [7, 11) is 1.59. The second-order valence-corrected chi connectivity index (χ2v) is 13.5. The zero-order valence-corrected chi connectivity index (χ0v) is 30.1. The Morgan fingerprint density at radius 2 is 1.62 bits per heavy atom. The molecule has 4 aromatic rings. The molecule has 0 radical (unpaired) electrons. The molecule has 4 rings (SSSR count). The number of hydrogen-bond donors (Lipinski definition) is 3. The topological polar surface area (TPSA) is 160 Å². The van der Waals surface area contributed by atoms with Crippen molar-refractivity contribution in [2.75, 3.05) is 31.0 Å². The van der Waals surface area contributed by atoms with Crippen LogP contribution in [0.3, 0.4) is 0 Å². The minimum atomic E-state index is -4.78. The van der Waals surface area contributed by atoms with E-state index in [4.69, 9.17) is 24.7 Å². The van der Waals surface area contributed by atoms with Crippen LogP contribution in [0.5, 0.6) is 17.4 Å². The third-order valence-corrected chi connectivity index (χ3v) is 7.83. The van der Waals surface area contributed by atoms with E-state index in [-0.39, 0.29) is 42.5 Å². The first-order chi connectivity index (χ1) is 24.4. The summed E-state index contributed by atoms with van der Waals surface area (Å²) in [4.78, 5) is 37.6. The summed E-state index contributed by atoms with van der Waals surface area (Å²) < 4.78 is 65.1. The molecule has 15 heteroatoms. The third kappa shape index (κ3) is 10.5. The predicted molar refractivity (Wildman–Crippen MR) is 190 cm³/mol. The maximum Gasteiger partial charge on any atom is 0.416 e. The van der Waals surface area contributed by atoms with Gasteiger partial charge in [-0.05, 0) is 67.1 Å². The molecule has 0 aliphatic rings. The van der Waals surface area contributed by atoms with Crippen LogP contribution in [0.25, 0.3) is 11.4 Å². The van der Waals surface area contributed by atoms with Gasteiger partial charge in [0, 0.05) is 22.9 Å². The van der Waals surface area contributed by atoms with Gasteiger partial charge in [0.1, 0.15) is 19.0 Å². The number of urea groups is 1. The molecule has 0 bridgehead atoms. The fraction of sp³-hybridized carbons (Fsp3) is 0.378. The molecule has 3 amide bonds. The lowest BCUT2D eigenvalue weighted by atomic mass is 9.70. The number of anilines is 2. The van der Waals surface area contributed by atoms with E-state index in [1.807, 2.05) is 52.0 Å². The number of hydrogen-bond acceptors (Lipinski definition) is 9. The van der Waals surface area contributed by atoms with E-state index in [2.05, 4.69) is 25.6 Å². The van der Waals surface area contributed by atoms with E-state index >= 15 is 0 Å². The van der Waals surface area contributed by atoms with Crippen LogP contribution in [-0.4, -0.2) is 47.4 Å². The fourth-order valence-electron chi connectivity index (χ4n) is 5.82. The zero-order valence-electron chi connectivity index (χ0n) is 30.1. The number of rotatable bonds is 13. The van der Waals surface area contributed by atoms with Crippen molar-refractivity contribution in [3.05, 3.63) is 83.3 Å². The Morgan fingerprint density at radius 3 is 2.21 bits per heavy atom. The summed E-state index contributed by atoms with van der Waals surface area (Å²) in [6, 6.07) is 11.8. The highest BCUT2D eigenvalue weighted by Gasteiger charge is 2.42. The lowest BCUT2D eigenvalue weighted by molar-refractivity contribution is -0.139. The Hall–Kier alpha value is -5.60. The van der Waals surface area contributed by atoms with Gasteiger partial charge >= 0.3 is 18.3 Å². The molecule has 2 heterocycles. The number of nitrogens with two attached hydrogens (primary N) is 1. The maximum absolute atomic E-state index is 14.4. The van der Waals surface area contributed by atoms with Crippen molar-refractivity contribution in [2.24, 2.45) is 11.1 Å². The summed E-state index contributed by atoms with van der Waals surface area (Å²) in [6.07, 6.45) is -2.72. The van der Waals surface area contributed by atoms with Crippen molar-refractivity contribution in [3.8, 4) is 28.8 Å². The highest BCUT2D eigenvalue weighted by Crippen LogP contribution is 2.44. The molecule has 0 fully saturated rings. The second-order valence-electron chi connectivity index (χ2n) is 13.5. The molecule has 52 heavy (non-hydrogen) atoms. The molecule has 1 atom stereocenters. The average Bonchev–Trinajstić information content (AvgIpc) is 3.07. The highest BCUT2D eigenvalue weighted by atomic mass is 19.4. The lowest BCUT2D eigenvalue weighted by Gasteiger charge is -2.37. The number of carbonyl (C=O) groups excluding carboxylic acids is 2. The predicted octanol–water partition coefficient (Wildman–Crippen LogP) is 8.29. The first-order valence-corrected chi connectivity index (χ1v) is 16.4. The average molecular weight is 725 g/mol. The number of ether oxygens (including phenoxy) is 4. The first-order valence-electron chi connectivity index (χ1n) is 16.4. The molecule has 12 nitrogen and oxygen atoms in total. The second kappa shape index (κ2) is 16.2. The Labute approximate surface area is 300 Å². The molecule has 0 aliphatic heterocycles. The number of nitrogens with one attached hydrogen (secondary N) is 2. The summed E-state index contributed by atoms with van der Waals surface area (Å²) in [5.74, 6) is 1.70. The number of alkyl halides is 3. The molecule has 2 aromatic heterocycles. The molecule has 0 saturated carbocycles. The number of aromatic nitrogens is 3. The van der Waals surface area contributed by atoms with E-state index in [9.17, 15) is 22.8 Å². The molecule has 0 saturated heterocycles. The van der Waals surface area contributed by atoms with Gasteiger partial charge in [0.25, 0.3) is 5.88 Å². The van der Waals surface area contributed by atoms with E-state index in [0.29, 0.717) is 29.4 Å². The molecule has 278 valence electrons. The van der Waals surface area contributed by atoms with Crippen molar-refractivity contribution in [1.29, 1.82) is 0 Å². The van der Waals surface area contributed by atoms with Crippen LogP contribution in [0.2, 0.25) is 0 Å². The zero-order chi connectivity index (χ0) is 38.3. The van der Waals surface area contributed by atoms with Gasteiger partial charge in [-0.25, -0.2) is 24.5 Å². The molecular formula is C37H43F3N6O6. The minimum absolute atomic E-state index is 0.0965. The Morgan fingerprint density at radius 1 is 0.904 bits per heavy atom. The number of halogens is 3. The van der Waals surface area contributed by atoms with Crippen LogP contribution >= 0.6 is 0 Å². The van der Waals surface area contributed by atoms with Crippen molar-refractivity contribution in [2.45, 2.75) is 66.2 Å². The Kier molecular flexibility index (Phi) is 12.2. The summed E-state index contributed by atoms with van der Waals surface area (Å²) in [5, 5.41) is 5.04. The number of pyridine rings is 1. The number of benzene rings is 2. The SMILES string of the molecule is CCOc1cc(-c2ncc(NC(=O)Nc3ccc(C(C)(COC(N)=O)CC(C)(C)C)c(C(F)(F)F)c3)c(C)n2)cnc1OCc1ccc(OC)cc1. The smallest absolute Gasteiger partial charge is 0.416 e. The van der Waals surface area contributed by atoms with Crippen molar-refractivity contribution >= 4 is 23.5 Å². The Balaban J connectivity index is 1.50. The molecule has 4 N–H and O–H groups in total. The first kappa shape index (κ1) is 39.2. The van der Waals surface area contributed by atoms with Crippen LogP contribution in [0, 0.1) is 12.3 Å². The highest BCUT2D eigenvalue weighted by molar-refractivity contribution is 6.00. The van der Waals surface area contributed by atoms with Gasteiger partial charge in [-0.15, -0.1) is 0 Å². The van der Waals surface area contributed by atoms with Gasteiger partial charge < -0.3 is 35.3 Å². The maximum atomic E-state index is 14.4. The number of carbonyl (C=O) groups is 2. The molecule has 1 unspecified atom stereocenters. The van der Waals surface area contributed by atoms with Crippen LogP contribution in [0.1, 0.15) is 63.4 Å². The van der Waals surface area contributed by atoms with Crippen LogP contribution in [-0.2, 0) is 22.9 Å². The number of nitrogens with zero attached hydrogens (tertiary/aromatic N) is 3. The van der Waals surface area contributed by atoms with Crippen LogP contribution in [0.4, 0.5) is 34.1 Å². The van der Waals surface area contributed by atoms with Gasteiger partial charge in [-0.3, -0.25) is 0 Å². The standard InChI is InChI=1S/C37H43F3N6O6/c1-8-50-30-15-24(17-43-32(30)51-19-23-9-12-26(49-7)13-10-23)31-42-18-29(22(2)44-31)46-34(48)45-25-11-14-27(28(16-25)37(38,39)40)36(6,20-35(3,4)5)21-52-33(41)47/h9-18H,8,19-21H2,1-7H3,(H2,41,47)(H2,45,46,48). The molecule has 0 aliphatic carbocycles. The normalized spacial score (nSPS) is 12.7. The fourth-order valence-corrected chi connectivity index (χ4v) is 5.82. The number of amides is 3. The number of aryl methyl sites for hydroxylation is 1. The molecular weight excluding hydrogens is 681 g/mol. The number of methoxy groups -OCH3 is 1.